The maximum atomic E-state index is 14.2. The first-order valence-electron chi connectivity index (χ1n) is 10.6. The molecule has 5 heteroatoms. The van der Waals surface area contributed by atoms with Gasteiger partial charge in [0.1, 0.15) is 6.23 Å². The summed E-state index contributed by atoms with van der Waals surface area (Å²) in [6.07, 6.45) is -6.65. The van der Waals surface area contributed by atoms with E-state index >= 15 is 0 Å². The van der Waals surface area contributed by atoms with Crippen molar-refractivity contribution >= 4 is 0 Å². The van der Waals surface area contributed by atoms with Gasteiger partial charge in [-0.05, 0) is 35.6 Å². The average molecular weight is 423 g/mol. The third-order valence-electron chi connectivity index (χ3n) is 6.42. The van der Waals surface area contributed by atoms with Crippen LogP contribution in [0.5, 0.6) is 0 Å². The van der Waals surface area contributed by atoms with Gasteiger partial charge in [0.15, 0.2) is 6.10 Å². The van der Waals surface area contributed by atoms with Gasteiger partial charge in [-0.2, -0.15) is 13.2 Å². The zero-order chi connectivity index (χ0) is 21.6. The Balaban J connectivity index is 1.68. The van der Waals surface area contributed by atoms with Gasteiger partial charge in [-0.1, -0.05) is 84.4 Å². The van der Waals surface area contributed by atoms with Gasteiger partial charge in [0.25, 0.3) is 0 Å². The molecule has 6 rings (SSSR count). The van der Waals surface area contributed by atoms with E-state index in [0.717, 1.165) is 27.8 Å². The van der Waals surface area contributed by atoms with Crippen LogP contribution in [0.1, 0.15) is 40.1 Å². The lowest BCUT2D eigenvalue weighted by molar-refractivity contribution is -0.302. The zero-order valence-corrected chi connectivity index (χ0v) is 17.2. The Labute approximate surface area is 180 Å². The monoisotopic (exact) mass is 423 g/mol. The van der Waals surface area contributed by atoms with E-state index in [4.69, 9.17) is 4.74 Å². The van der Waals surface area contributed by atoms with Crippen LogP contribution in [0.2, 0.25) is 0 Å². The molecule has 0 N–H and O–H groups in total. The first-order valence-corrected chi connectivity index (χ1v) is 10.6. The highest BCUT2D eigenvalue weighted by molar-refractivity contribution is 5.38. The van der Waals surface area contributed by atoms with Gasteiger partial charge in [0.2, 0.25) is 0 Å². The molecule has 0 amide bonds. The van der Waals surface area contributed by atoms with Crippen LogP contribution in [-0.4, -0.2) is 17.2 Å². The van der Waals surface area contributed by atoms with Crippen molar-refractivity contribution in [2.45, 2.75) is 44.4 Å². The van der Waals surface area contributed by atoms with Gasteiger partial charge in [0, 0.05) is 18.5 Å². The smallest absolute Gasteiger partial charge is 0.346 e. The van der Waals surface area contributed by atoms with Gasteiger partial charge in [0.05, 0.1) is 0 Å². The largest absolute Gasteiger partial charge is 0.415 e. The number of alkyl halides is 3. The molecule has 1 saturated heterocycles. The summed E-state index contributed by atoms with van der Waals surface area (Å²) in [6.45, 7) is 2.49. The van der Waals surface area contributed by atoms with Crippen molar-refractivity contribution in [2.24, 2.45) is 5.92 Å². The average Bonchev–Trinajstić information content (AvgIpc) is 2.98. The number of halogens is 3. The van der Waals surface area contributed by atoms with Gasteiger partial charge >= 0.3 is 6.18 Å². The van der Waals surface area contributed by atoms with E-state index in [1.807, 2.05) is 85.8 Å². The van der Waals surface area contributed by atoms with E-state index < -0.39 is 30.5 Å². The van der Waals surface area contributed by atoms with E-state index in [2.05, 4.69) is 4.90 Å². The molecule has 0 aromatic heterocycles. The molecule has 3 aliphatic heterocycles. The van der Waals surface area contributed by atoms with Gasteiger partial charge < -0.3 is 4.74 Å². The van der Waals surface area contributed by atoms with Crippen molar-refractivity contribution in [2.75, 3.05) is 0 Å². The lowest BCUT2D eigenvalue weighted by Gasteiger charge is -2.48. The molecule has 2 bridgehead atoms. The third kappa shape index (κ3) is 3.77. The second-order valence-electron chi connectivity index (χ2n) is 8.53. The second-order valence-corrected chi connectivity index (χ2v) is 8.53. The lowest BCUT2D eigenvalue weighted by Crippen LogP contribution is -2.52. The molecule has 0 radical (unpaired) electrons. The molecule has 160 valence electrons. The molecular formula is C26H24F3NO. The Bertz CT molecular complexity index is 1050. The standard InChI is InChI=1S/C26H24F3NO/c1-17-12-13-21-20(14-17)15-22-23(19-10-6-3-7-11-19)30(16-18-8-4-2-5-9-18)25(21)31-24(22)26(27,28)29/h2-14,22-25H,15-16H2,1H3/t22-,23+,24-,25+/m1/s1. The highest BCUT2D eigenvalue weighted by Crippen LogP contribution is 2.53. The van der Waals surface area contributed by atoms with Crippen LogP contribution in [0.3, 0.4) is 0 Å². The van der Waals surface area contributed by atoms with Gasteiger partial charge in [-0.15, -0.1) is 0 Å². The van der Waals surface area contributed by atoms with E-state index in [9.17, 15) is 13.2 Å². The molecule has 0 unspecified atom stereocenters. The SMILES string of the molecule is Cc1ccc2c(c1)C[C@H]1[C@H](C(F)(F)F)O[C@@H]2N(Cc2ccccc2)[C@H]1c1ccccc1. The fraction of sp³-hybridized carbons (Fsp3) is 0.308. The number of ether oxygens (including phenoxy) is 1. The van der Waals surface area contributed by atoms with E-state index in [1.54, 1.807) is 0 Å². The van der Waals surface area contributed by atoms with Gasteiger partial charge in [-0.25, -0.2) is 0 Å². The summed E-state index contributed by atoms with van der Waals surface area (Å²) >= 11 is 0. The predicted octanol–water partition coefficient (Wildman–Crippen LogP) is 6.37. The molecule has 2 nitrogen and oxygen atoms in total. The summed E-state index contributed by atoms with van der Waals surface area (Å²) in [4.78, 5) is 2.11. The maximum absolute atomic E-state index is 14.2. The molecule has 31 heavy (non-hydrogen) atoms. The van der Waals surface area contributed by atoms with Crippen molar-refractivity contribution in [3.05, 3.63) is 107 Å². The maximum Gasteiger partial charge on any atom is 0.415 e. The Morgan fingerprint density at radius 2 is 1.61 bits per heavy atom. The summed E-state index contributed by atoms with van der Waals surface area (Å²) in [5, 5.41) is 0. The fourth-order valence-electron chi connectivity index (χ4n) is 5.14. The molecule has 3 aliphatic rings. The van der Waals surface area contributed by atoms with Crippen LogP contribution >= 0.6 is 0 Å². The van der Waals surface area contributed by atoms with Gasteiger partial charge in [-0.3, -0.25) is 4.90 Å². The summed E-state index contributed by atoms with van der Waals surface area (Å²) in [6, 6.07) is 25.0. The van der Waals surface area contributed by atoms with Crippen molar-refractivity contribution in [3.8, 4) is 0 Å². The number of rotatable bonds is 3. The lowest BCUT2D eigenvalue weighted by atomic mass is 9.82. The van der Waals surface area contributed by atoms with Crippen LogP contribution in [0.15, 0.2) is 78.9 Å². The quantitative estimate of drug-likeness (QED) is 0.485. The molecule has 0 aliphatic carbocycles. The van der Waals surface area contributed by atoms with E-state index in [-0.39, 0.29) is 0 Å². The minimum atomic E-state index is -4.42. The molecular weight excluding hydrogens is 399 g/mol. The number of hydrogen-bond acceptors (Lipinski definition) is 2. The van der Waals surface area contributed by atoms with Crippen LogP contribution in [0.4, 0.5) is 13.2 Å². The zero-order valence-electron chi connectivity index (χ0n) is 17.2. The Morgan fingerprint density at radius 3 is 2.29 bits per heavy atom. The molecule has 0 saturated carbocycles. The molecule has 0 spiro atoms. The summed E-state index contributed by atoms with van der Waals surface area (Å²) < 4.78 is 48.4. The number of benzene rings is 3. The Kier molecular flexibility index (Phi) is 5.11. The van der Waals surface area contributed by atoms with E-state index in [1.165, 1.54) is 0 Å². The second kappa shape index (κ2) is 7.81. The fourth-order valence-corrected chi connectivity index (χ4v) is 5.14. The van der Waals surface area contributed by atoms with E-state index in [0.29, 0.717) is 13.0 Å². The molecule has 1 fully saturated rings. The Hall–Kier alpha value is -2.63. The molecule has 4 atom stereocenters. The molecule has 3 heterocycles. The highest BCUT2D eigenvalue weighted by Gasteiger charge is 2.57. The number of fused-ring (bicyclic) bond motifs is 2. The highest BCUT2D eigenvalue weighted by atomic mass is 19.4. The normalized spacial score (nSPS) is 25.8. The van der Waals surface area contributed by atoms with Crippen LogP contribution in [-0.2, 0) is 17.7 Å². The minimum absolute atomic E-state index is 0.336. The predicted molar refractivity (Wildman–Crippen MR) is 113 cm³/mol. The van der Waals surface area contributed by atoms with Crippen molar-refractivity contribution in [3.63, 3.8) is 0 Å². The van der Waals surface area contributed by atoms with Crippen molar-refractivity contribution < 1.29 is 17.9 Å². The number of nitrogens with zero attached hydrogens (tertiary/aromatic N) is 1. The molecule has 3 aromatic carbocycles. The first kappa shape index (κ1) is 20.3. The van der Waals surface area contributed by atoms with Crippen molar-refractivity contribution in [1.82, 2.24) is 4.90 Å². The minimum Gasteiger partial charge on any atom is -0.346 e. The summed E-state index contributed by atoms with van der Waals surface area (Å²) in [5.41, 5.74) is 4.80. The molecule has 3 aromatic rings. The topological polar surface area (TPSA) is 12.5 Å². The first-order chi connectivity index (χ1) is 14.9. The van der Waals surface area contributed by atoms with Crippen LogP contribution < -0.4 is 0 Å². The summed E-state index contributed by atoms with van der Waals surface area (Å²) in [5.74, 6) is -0.731. The van der Waals surface area contributed by atoms with Crippen LogP contribution in [0.25, 0.3) is 0 Å². The third-order valence-corrected chi connectivity index (χ3v) is 6.42. The van der Waals surface area contributed by atoms with Crippen molar-refractivity contribution in [1.29, 1.82) is 0 Å². The number of hydrogen-bond donors (Lipinski definition) is 0. The summed E-state index contributed by atoms with van der Waals surface area (Å²) in [7, 11) is 0. The number of aryl methyl sites for hydroxylation is 1. The van der Waals surface area contributed by atoms with Crippen LogP contribution in [0, 0.1) is 12.8 Å². The Morgan fingerprint density at radius 1 is 0.935 bits per heavy atom.